The first-order valence-corrected chi connectivity index (χ1v) is 10.4. The van der Waals surface area contributed by atoms with Crippen molar-refractivity contribution in [1.29, 1.82) is 0 Å². The van der Waals surface area contributed by atoms with Crippen LogP contribution >= 0.6 is 11.3 Å². The lowest BCUT2D eigenvalue weighted by Gasteiger charge is -2.33. The first-order chi connectivity index (χ1) is 12.5. The van der Waals surface area contributed by atoms with E-state index in [1.807, 2.05) is 4.90 Å². The van der Waals surface area contributed by atoms with Gasteiger partial charge >= 0.3 is 0 Å². The number of thiophene rings is 1. The Labute approximate surface area is 158 Å². The Morgan fingerprint density at radius 2 is 1.81 bits per heavy atom. The highest BCUT2D eigenvalue weighted by Crippen LogP contribution is 2.33. The highest BCUT2D eigenvalue weighted by molar-refractivity contribution is 7.11. The van der Waals surface area contributed by atoms with Crippen LogP contribution in [0.5, 0.6) is 0 Å². The zero-order valence-electron chi connectivity index (χ0n) is 15.9. The quantitative estimate of drug-likeness (QED) is 0.810. The molecule has 4 rings (SSSR count). The van der Waals surface area contributed by atoms with Crippen LogP contribution in [0.4, 0.5) is 5.82 Å². The van der Waals surface area contributed by atoms with Crippen molar-refractivity contribution in [1.82, 2.24) is 19.8 Å². The number of likely N-dealkylation sites (N-methyl/N-ethyl adjacent to an activating group) is 1. The molecule has 2 aliphatic heterocycles. The van der Waals surface area contributed by atoms with Crippen LogP contribution in [0.2, 0.25) is 0 Å². The molecule has 0 aliphatic carbocycles. The van der Waals surface area contributed by atoms with Crippen LogP contribution in [0.15, 0.2) is 5.38 Å². The maximum absolute atomic E-state index is 13.0. The third kappa shape index (κ3) is 3.30. The van der Waals surface area contributed by atoms with Crippen molar-refractivity contribution in [3.05, 3.63) is 16.1 Å². The Hall–Kier alpha value is -1.73. The minimum atomic E-state index is -0.0320. The van der Waals surface area contributed by atoms with Crippen LogP contribution in [0.1, 0.15) is 35.3 Å². The molecule has 2 fully saturated rings. The number of anilines is 1. The number of amides is 1. The number of hydrogen-bond acceptors (Lipinski definition) is 6. The Bertz CT molecular complexity index is 804. The summed E-state index contributed by atoms with van der Waals surface area (Å²) in [6.45, 7) is 9.74. The van der Waals surface area contributed by atoms with Gasteiger partial charge in [0.1, 0.15) is 5.82 Å². The van der Waals surface area contributed by atoms with E-state index in [1.165, 1.54) is 17.7 Å². The number of rotatable bonds is 2. The van der Waals surface area contributed by atoms with Gasteiger partial charge in [0.15, 0.2) is 0 Å². The van der Waals surface area contributed by atoms with E-state index < -0.39 is 0 Å². The molecule has 0 N–H and O–H groups in total. The van der Waals surface area contributed by atoms with Crippen LogP contribution in [0.25, 0.3) is 10.9 Å². The maximum atomic E-state index is 13.0. The number of piperazine rings is 1. The molecule has 2 aromatic heterocycles. The van der Waals surface area contributed by atoms with Crippen LogP contribution in [0, 0.1) is 12.8 Å². The molecule has 140 valence electrons. The van der Waals surface area contributed by atoms with E-state index in [2.05, 4.69) is 41.1 Å². The van der Waals surface area contributed by atoms with Gasteiger partial charge in [0, 0.05) is 49.5 Å². The summed E-state index contributed by atoms with van der Waals surface area (Å²) in [6.07, 6.45) is 2.35. The molecular weight excluding hydrogens is 346 g/mol. The lowest BCUT2D eigenvalue weighted by molar-refractivity contribution is 0.0652. The van der Waals surface area contributed by atoms with Crippen LogP contribution in [-0.2, 0) is 0 Å². The van der Waals surface area contributed by atoms with Crippen molar-refractivity contribution in [3.8, 4) is 0 Å². The largest absolute Gasteiger partial charge is 0.356 e. The van der Waals surface area contributed by atoms with E-state index in [0.717, 1.165) is 61.9 Å². The van der Waals surface area contributed by atoms with Crippen molar-refractivity contribution >= 4 is 34.0 Å². The summed E-state index contributed by atoms with van der Waals surface area (Å²) in [4.78, 5) is 30.2. The highest BCUT2D eigenvalue weighted by Gasteiger charge is 2.27. The second kappa shape index (κ2) is 7.12. The molecule has 0 spiro atoms. The second-order valence-corrected chi connectivity index (χ2v) is 8.77. The lowest BCUT2D eigenvalue weighted by atomic mass is 9.99. The molecular formula is C19H27N5OS. The molecule has 7 heteroatoms. The molecule has 2 aliphatic rings. The molecule has 4 heterocycles. The van der Waals surface area contributed by atoms with Crippen LogP contribution in [0.3, 0.4) is 0 Å². The fourth-order valence-electron chi connectivity index (χ4n) is 3.79. The van der Waals surface area contributed by atoms with Crippen molar-refractivity contribution in [2.24, 2.45) is 5.92 Å². The summed E-state index contributed by atoms with van der Waals surface area (Å²) in [6, 6.07) is 0. The number of aryl methyl sites for hydroxylation is 1. The summed E-state index contributed by atoms with van der Waals surface area (Å²) in [7, 11) is 2.09. The fourth-order valence-corrected chi connectivity index (χ4v) is 4.56. The van der Waals surface area contributed by atoms with Gasteiger partial charge in [-0.2, -0.15) is 0 Å². The van der Waals surface area contributed by atoms with Crippen LogP contribution < -0.4 is 4.90 Å². The number of hydrogen-bond donors (Lipinski definition) is 0. The highest BCUT2D eigenvalue weighted by atomic mass is 32.1. The first-order valence-electron chi connectivity index (χ1n) is 9.51. The molecule has 2 saturated heterocycles. The van der Waals surface area contributed by atoms with E-state index in [4.69, 9.17) is 4.98 Å². The maximum Gasteiger partial charge on any atom is 0.291 e. The lowest BCUT2D eigenvalue weighted by Crippen LogP contribution is -2.47. The summed E-state index contributed by atoms with van der Waals surface area (Å²) >= 11 is 1.69. The predicted molar refractivity (Wildman–Crippen MR) is 106 cm³/mol. The van der Waals surface area contributed by atoms with E-state index in [9.17, 15) is 4.79 Å². The molecule has 2 aromatic rings. The van der Waals surface area contributed by atoms with Crippen molar-refractivity contribution in [2.45, 2.75) is 26.7 Å². The van der Waals surface area contributed by atoms with Gasteiger partial charge in [-0.1, -0.05) is 6.92 Å². The van der Waals surface area contributed by atoms with Gasteiger partial charge in [0.25, 0.3) is 5.91 Å². The van der Waals surface area contributed by atoms with E-state index in [0.29, 0.717) is 5.82 Å². The normalized spacial score (nSPS) is 20.1. The minimum Gasteiger partial charge on any atom is -0.356 e. The number of carbonyl (C=O) groups excluding carboxylic acids is 1. The molecule has 26 heavy (non-hydrogen) atoms. The smallest absolute Gasteiger partial charge is 0.291 e. The Kier molecular flexibility index (Phi) is 4.84. The van der Waals surface area contributed by atoms with Gasteiger partial charge in [0.05, 0.1) is 10.9 Å². The SMILES string of the molecule is Cc1scc2nc(C(=O)N3CCN(C)CC3)nc(N3CCC(C)CC3)c12. The second-order valence-electron chi connectivity index (χ2n) is 7.69. The van der Waals surface area contributed by atoms with E-state index >= 15 is 0 Å². The average Bonchev–Trinajstić information content (AvgIpc) is 3.03. The molecule has 0 bridgehead atoms. The Balaban J connectivity index is 1.69. The summed E-state index contributed by atoms with van der Waals surface area (Å²) < 4.78 is 0. The van der Waals surface area contributed by atoms with Crippen molar-refractivity contribution < 1.29 is 4.79 Å². The topological polar surface area (TPSA) is 52.6 Å². The van der Waals surface area contributed by atoms with Gasteiger partial charge < -0.3 is 14.7 Å². The molecule has 0 saturated carbocycles. The Morgan fingerprint density at radius 1 is 1.12 bits per heavy atom. The zero-order valence-corrected chi connectivity index (χ0v) is 16.7. The number of nitrogens with zero attached hydrogens (tertiary/aromatic N) is 5. The number of piperidine rings is 1. The molecule has 6 nitrogen and oxygen atoms in total. The first kappa shape index (κ1) is 17.7. The molecule has 0 radical (unpaired) electrons. The summed E-state index contributed by atoms with van der Waals surface area (Å²) in [5, 5.41) is 3.18. The summed E-state index contributed by atoms with van der Waals surface area (Å²) in [5.41, 5.74) is 0.911. The standard InChI is InChI=1S/C19H27N5OS/c1-13-4-6-23(7-5-13)18-16-14(2)26-12-15(16)20-17(21-18)19(25)24-10-8-22(3)9-11-24/h12-13H,4-11H2,1-3H3. The predicted octanol–water partition coefficient (Wildman–Crippen LogP) is 2.62. The molecule has 1 amide bonds. The molecule has 0 unspecified atom stereocenters. The van der Waals surface area contributed by atoms with E-state index in [1.54, 1.807) is 11.3 Å². The minimum absolute atomic E-state index is 0.0320. The monoisotopic (exact) mass is 373 g/mol. The molecule has 0 aromatic carbocycles. The Morgan fingerprint density at radius 3 is 2.50 bits per heavy atom. The number of aromatic nitrogens is 2. The zero-order chi connectivity index (χ0) is 18.3. The van der Waals surface area contributed by atoms with Gasteiger partial charge in [-0.05, 0) is 32.7 Å². The van der Waals surface area contributed by atoms with Crippen molar-refractivity contribution in [2.75, 3.05) is 51.2 Å². The van der Waals surface area contributed by atoms with Gasteiger partial charge in [-0.3, -0.25) is 4.79 Å². The fraction of sp³-hybridized carbons (Fsp3) is 0.632. The van der Waals surface area contributed by atoms with Gasteiger partial charge in [-0.25, -0.2) is 9.97 Å². The van der Waals surface area contributed by atoms with Crippen LogP contribution in [-0.4, -0.2) is 72.0 Å². The van der Waals surface area contributed by atoms with E-state index in [-0.39, 0.29) is 5.91 Å². The number of fused-ring (bicyclic) bond motifs is 1. The van der Waals surface area contributed by atoms with Gasteiger partial charge in [0.2, 0.25) is 5.82 Å². The van der Waals surface area contributed by atoms with Crippen molar-refractivity contribution in [3.63, 3.8) is 0 Å². The third-order valence-corrected chi connectivity index (χ3v) is 6.58. The third-order valence-electron chi connectivity index (χ3n) is 5.68. The van der Waals surface area contributed by atoms with Gasteiger partial charge in [-0.15, -0.1) is 11.3 Å². The average molecular weight is 374 g/mol. The summed E-state index contributed by atoms with van der Waals surface area (Å²) in [5.74, 6) is 2.04. The molecule has 0 atom stereocenters. The number of carbonyl (C=O) groups is 1.